The minimum Gasteiger partial charge on any atom is -0.299 e. The number of carbonyl (C=O) groups is 1. The molecular weight excluding hydrogens is 268 g/mol. The third-order valence-electron chi connectivity index (χ3n) is 8.68. The highest BCUT2D eigenvalue weighted by Gasteiger charge is 2.59. The summed E-state index contributed by atoms with van der Waals surface area (Å²) >= 11 is 0. The summed E-state index contributed by atoms with van der Waals surface area (Å²) in [5.41, 5.74) is 2.52. The topological polar surface area (TPSA) is 17.1 Å². The van der Waals surface area contributed by atoms with Crippen molar-refractivity contribution in [3.05, 3.63) is 11.6 Å². The molecular formula is C21H32O. The van der Waals surface area contributed by atoms with Gasteiger partial charge in [-0.25, -0.2) is 0 Å². The zero-order valence-electron chi connectivity index (χ0n) is 14.8. The molecule has 0 spiro atoms. The summed E-state index contributed by atoms with van der Waals surface area (Å²) in [4.78, 5) is 12.4. The van der Waals surface area contributed by atoms with Crippen molar-refractivity contribution in [3.8, 4) is 0 Å². The Bertz CT molecular complexity index is 532. The number of hydrogen-bond donors (Lipinski definition) is 0. The molecule has 4 aliphatic carbocycles. The predicted molar refractivity (Wildman–Crippen MR) is 90.4 cm³/mol. The van der Waals surface area contributed by atoms with Gasteiger partial charge in [0.25, 0.3) is 0 Å². The molecule has 3 saturated carbocycles. The molecule has 0 amide bonds. The highest BCUT2D eigenvalue weighted by molar-refractivity contribution is 5.84. The zero-order chi connectivity index (χ0) is 15.7. The Labute approximate surface area is 135 Å². The molecule has 0 N–H and O–H groups in total. The number of ketones is 1. The van der Waals surface area contributed by atoms with Crippen molar-refractivity contribution in [2.45, 2.75) is 72.6 Å². The molecule has 1 nitrogen and oxygen atoms in total. The molecule has 0 unspecified atom stereocenters. The lowest BCUT2D eigenvalue weighted by atomic mass is 9.47. The fourth-order valence-corrected chi connectivity index (χ4v) is 6.87. The first-order chi connectivity index (χ1) is 10.4. The van der Waals surface area contributed by atoms with E-state index in [2.05, 4.69) is 33.8 Å². The molecule has 22 heavy (non-hydrogen) atoms. The summed E-state index contributed by atoms with van der Waals surface area (Å²) in [6.07, 6.45) is 11.5. The number of fused-ring (bicyclic) bond motifs is 5. The molecule has 0 aromatic heterocycles. The van der Waals surface area contributed by atoms with Gasteiger partial charge >= 0.3 is 0 Å². The molecule has 3 fully saturated rings. The van der Waals surface area contributed by atoms with Gasteiger partial charge in [0.2, 0.25) is 0 Å². The normalized spacial score (nSPS) is 54.3. The lowest BCUT2D eigenvalue weighted by Crippen LogP contribution is -2.49. The monoisotopic (exact) mass is 300 g/mol. The Morgan fingerprint density at radius 3 is 2.59 bits per heavy atom. The van der Waals surface area contributed by atoms with Gasteiger partial charge in [-0.05, 0) is 73.0 Å². The van der Waals surface area contributed by atoms with E-state index in [9.17, 15) is 4.79 Å². The van der Waals surface area contributed by atoms with Crippen LogP contribution < -0.4 is 0 Å². The summed E-state index contributed by atoms with van der Waals surface area (Å²) in [5.74, 6) is 3.99. The lowest BCUT2D eigenvalue weighted by Gasteiger charge is -2.57. The van der Waals surface area contributed by atoms with Crippen LogP contribution in [-0.4, -0.2) is 5.78 Å². The van der Waals surface area contributed by atoms with Gasteiger partial charge in [0.05, 0.1) is 0 Å². The van der Waals surface area contributed by atoms with Gasteiger partial charge in [-0.15, -0.1) is 0 Å². The summed E-state index contributed by atoms with van der Waals surface area (Å²) in [6.45, 7) is 9.61. The SMILES string of the molecule is C[C@H]1CC[C@@]2(C)C(=CC[C@H]3[C@@H]4CC(=O)[C@@H](C)[C@@]4(C)CC[C@@H]32)C1. The molecule has 0 heterocycles. The van der Waals surface area contributed by atoms with E-state index in [1.54, 1.807) is 5.57 Å². The molecule has 4 rings (SSSR count). The first kappa shape index (κ1) is 15.0. The predicted octanol–water partition coefficient (Wildman–Crippen LogP) is 5.40. The van der Waals surface area contributed by atoms with E-state index in [4.69, 9.17) is 0 Å². The van der Waals surface area contributed by atoms with Crippen molar-refractivity contribution >= 4 is 5.78 Å². The molecule has 7 atom stereocenters. The third kappa shape index (κ3) is 1.80. The first-order valence-corrected chi connectivity index (χ1v) is 9.58. The Hall–Kier alpha value is -0.590. The van der Waals surface area contributed by atoms with Crippen LogP contribution in [0.5, 0.6) is 0 Å². The van der Waals surface area contributed by atoms with E-state index in [1.165, 1.54) is 38.5 Å². The molecule has 0 aromatic rings. The number of rotatable bonds is 0. The Morgan fingerprint density at radius 2 is 1.82 bits per heavy atom. The Morgan fingerprint density at radius 1 is 1.05 bits per heavy atom. The second-order valence-corrected chi connectivity index (χ2v) is 9.54. The number of Topliss-reactive ketones (excluding diaryl/α,β-unsaturated/α-hetero) is 1. The highest BCUT2D eigenvalue weighted by atomic mass is 16.1. The molecule has 1 heteroatoms. The van der Waals surface area contributed by atoms with Gasteiger partial charge in [-0.2, -0.15) is 0 Å². The van der Waals surface area contributed by atoms with Crippen LogP contribution in [-0.2, 0) is 4.79 Å². The molecule has 0 radical (unpaired) electrons. The Kier molecular flexibility index (Phi) is 3.20. The van der Waals surface area contributed by atoms with Crippen LogP contribution in [0.2, 0.25) is 0 Å². The van der Waals surface area contributed by atoms with Crippen LogP contribution in [0, 0.1) is 40.4 Å². The first-order valence-electron chi connectivity index (χ1n) is 9.58. The maximum absolute atomic E-state index is 12.4. The average Bonchev–Trinajstić information content (AvgIpc) is 2.72. The Balaban J connectivity index is 1.70. The van der Waals surface area contributed by atoms with Gasteiger partial charge in [0.1, 0.15) is 5.78 Å². The van der Waals surface area contributed by atoms with Gasteiger partial charge < -0.3 is 0 Å². The maximum Gasteiger partial charge on any atom is 0.136 e. The van der Waals surface area contributed by atoms with Crippen LogP contribution in [0.3, 0.4) is 0 Å². The number of hydrogen-bond acceptors (Lipinski definition) is 1. The van der Waals surface area contributed by atoms with E-state index < -0.39 is 0 Å². The largest absolute Gasteiger partial charge is 0.299 e. The summed E-state index contributed by atoms with van der Waals surface area (Å²) < 4.78 is 0. The molecule has 0 saturated heterocycles. The molecule has 122 valence electrons. The van der Waals surface area contributed by atoms with Crippen molar-refractivity contribution in [2.24, 2.45) is 40.4 Å². The van der Waals surface area contributed by atoms with Crippen molar-refractivity contribution < 1.29 is 4.79 Å². The van der Waals surface area contributed by atoms with Crippen LogP contribution in [0.4, 0.5) is 0 Å². The fourth-order valence-electron chi connectivity index (χ4n) is 6.87. The number of carbonyl (C=O) groups excluding carboxylic acids is 1. The minimum atomic E-state index is 0.294. The molecule has 0 bridgehead atoms. The van der Waals surface area contributed by atoms with E-state index in [0.717, 1.165) is 24.2 Å². The maximum atomic E-state index is 12.4. The second kappa shape index (κ2) is 4.71. The average molecular weight is 300 g/mol. The smallest absolute Gasteiger partial charge is 0.136 e. The molecule has 0 aliphatic heterocycles. The van der Waals surface area contributed by atoms with Gasteiger partial charge in [0, 0.05) is 12.3 Å². The summed E-state index contributed by atoms with van der Waals surface area (Å²) in [6, 6.07) is 0. The lowest BCUT2D eigenvalue weighted by molar-refractivity contribution is -0.121. The standard InChI is InChI=1S/C21H32O/c1-13-7-9-21(4)15(11-13)5-6-16-17(21)8-10-20(3)14(2)19(22)12-18(16)20/h5,13-14,16-18H,6-12H2,1-4H3/t13-,14+,16+,17-,18-,20+,21-/m0/s1. The molecule has 0 aromatic carbocycles. The third-order valence-corrected chi connectivity index (χ3v) is 8.68. The van der Waals surface area contributed by atoms with E-state index in [0.29, 0.717) is 28.4 Å². The van der Waals surface area contributed by atoms with Gasteiger partial charge in [0.15, 0.2) is 0 Å². The minimum absolute atomic E-state index is 0.294. The van der Waals surface area contributed by atoms with Crippen LogP contribution in [0.1, 0.15) is 72.6 Å². The van der Waals surface area contributed by atoms with E-state index in [1.807, 2.05) is 0 Å². The van der Waals surface area contributed by atoms with E-state index >= 15 is 0 Å². The number of allylic oxidation sites excluding steroid dienone is 2. The summed E-state index contributed by atoms with van der Waals surface area (Å²) in [7, 11) is 0. The van der Waals surface area contributed by atoms with Crippen LogP contribution >= 0.6 is 0 Å². The quantitative estimate of drug-likeness (QED) is 0.547. The van der Waals surface area contributed by atoms with Crippen LogP contribution in [0.15, 0.2) is 11.6 Å². The second-order valence-electron chi connectivity index (χ2n) is 9.54. The highest BCUT2D eigenvalue weighted by Crippen LogP contribution is 2.65. The zero-order valence-corrected chi connectivity index (χ0v) is 14.8. The van der Waals surface area contributed by atoms with Crippen molar-refractivity contribution in [3.63, 3.8) is 0 Å². The van der Waals surface area contributed by atoms with Gasteiger partial charge in [-0.1, -0.05) is 39.3 Å². The van der Waals surface area contributed by atoms with E-state index in [-0.39, 0.29) is 0 Å². The van der Waals surface area contributed by atoms with Gasteiger partial charge in [-0.3, -0.25) is 4.79 Å². The molecule has 4 aliphatic rings. The fraction of sp³-hybridized carbons (Fsp3) is 0.857. The van der Waals surface area contributed by atoms with Crippen molar-refractivity contribution in [1.82, 2.24) is 0 Å². The summed E-state index contributed by atoms with van der Waals surface area (Å²) in [5, 5.41) is 0. The van der Waals surface area contributed by atoms with Crippen LogP contribution in [0.25, 0.3) is 0 Å². The van der Waals surface area contributed by atoms with Crippen molar-refractivity contribution in [2.75, 3.05) is 0 Å². The van der Waals surface area contributed by atoms with Crippen molar-refractivity contribution in [1.29, 1.82) is 0 Å².